The number of carbonyl (C=O) groups excluding carboxylic acids is 1. The first-order valence-corrected chi connectivity index (χ1v) is 7.18. The maximum absolute atomic E-state index is 11.6. The number of hydrogen-bond acceptors (Lipinski definition) is 6. The Morgan fingerprint density at radius 1 is 1.61 bits per heavy atom. The largest absolute Gasteiger partial charge is 0.481 e. The molecular formula is C10H14N2O4S2. The van der Waals surface area contributed by atoms with Crippen LogP contribution >= 0.6 is 23.1 Å². The van der Waals surface area contributed by atoms with Gasteiger partial charge >= 0.3 is 5.97 Å². The number of nitrogens with zero attached hydrogens (tertiary/aromatic N) is 1. The Balaban J connectivity index is 2.25. The summed E-state index contributed by atoms with van der Waals surface area (Å²) in [7, 11) is 1.57. The number of thiazole rings is 1. The van der Waals surface area contributed by atoms with Gasteiger partial charge in [0.15, 0.2) is 0 Å². The van der Waals surface area contributed by atoms with Crippen LogP contribution in [-0.2, 0) is 16.1 Å². The molecule has 0 aromatic carbocycles. The Hall–Kier alpha value is -1.12. The maximum atomic E-state index is 11.6. The van der Waals surface area contributed by atoms with Crippen LogP contribution < -0.4 is 5.32 Å². The van der Waals surface area contributed by atoms with E-state index in [2.05, 4.69) is 10.3 Å². The van der Waals surface area contributed by atoms with Crippen molar-refractivity contribution in [3.8, 4) is 0 Å². The summed E-state index contributed by atoms with van der Waals surface area (Å²) in [6, 6.07) is 0. The first kappa shape index (κ1) is 14.9. The Morgan fingerprint density at radius 2 is 2.39 bits per heavy atom. The molecule has 0 radical (unpaired) electrons. The van der Waals surface area contributed by atoms with E-state index < -0.39 is 5.97 Å². The van der Waals surface area contributed by atoms with Crippen LogP contribution in [0.25, 0.3) is 0 Å². The second-order valence-electron chi connectivity index (χ2n) is 3.26. The van der Waals surface area contributed by atoms with Crippen LogP contribution in [0.2, 0.25) is 0 Å². The first-order chi connectivity index (χ1) is 8.63. The molecule has 1 heterocycles. The van der Waals surface area contributed by atoms with Crippen LogP contribution in [-0.4, -0.2) is 47.1 Å². The fourth-order valence-corrected chi connectivity index (χ4v) is 2.40. The minimum Gasteiger partial charge on any atom is -0.481 e. The lowest BCUT2D eigenvalue weighted by atomic mass is 10.4. The number of rotatable bonds is 8. The number of amides is 1. The van der Waals surface area contributed by atoms with Crippen LogP contribution in [0.15, 0.2) is 5.38 Å². The van der Waals surface area contributed by atoms with E-state index in [4.69, 9.17) is 9.84 Å². The second kappa shape index (κ2) is 8.06. The molecule has 0 aliphatic carbocycles. The van der Waals surface area contributed by atoms with E-state index in [-0.39, 0.29) is 11.7 Å². The highest BCUT2D eigenvalue weighted by Crippen LogP contribution is 2.10. The number of ether oxygens (including phenoxy) is 1. The molecule has 18 heavy (non-hydrogen) atoms. The number of carbonyl (C=O) groups is 2. The molecular weight excluding hydrogens is 276 g/mol. The predicted octanol–water partition coefficient (Wildman–Crippen LogP) is 0.837. The van der Waals surface area contributed by atoms with Crippen molar-refractivity contribution in [1.82, 2.24) is 10.3 Å². The molecule has 1 amide bonds. The Labute approximate surface area is 113 Å². The van der Waals surface area contributed by atoms with E-state index in [1.165, 1.54) is 23.1 Å². The fraction of sp³-hybridized carbons (Fsp3) is 0.500. The van der Waals surface area contributed by atoms with E-state index in [0.29, 0.717) is 24.6 Å². The third kappa shape index (κ3) is 5.48. The summed E-state index contributed by atoms with van der Waals surface area (Å²) in [5.74, 6) is -0.489. The number of hydrogen-bond donors (Lipinski definition) is 2. The topological polar surface area (TPSA) is 88.5 Å². The second-order valence-corrected chi connectivity index (χ2v) is 5.31. The minimum absolute atomic E-state index is 0.0462. The van der Waals surface area contributed by atoms with Gasteiger partial charge in [0.25, 0.3) is 5.91 Å². The quantitative estimate of drug-likeness (QED) is 0.690. The van der Waals surface area contributed by atoms with Gasteiger partial charge in [-0.3, -0.25) is 9.59 Å². The SMILES string of the molecule is COCc1nc(C(=O)NCCSCC(=O)O)cs1. The minimum atomic E-state index is -0.852. The molecule has 0 aliphatic rings. The van der Waals surface area contributed by atoms with Crippen LogP contribution in [0.3, 0.4) is 0 Å². The summed E-state index contributed by atoms with van der Waals surface area (Å²) in [6.07, 6.45) is 0. The highest BCUT2D eigenvalue weighted by molar-refractivity contribution is 7.99. The molecule has 2 N–H and O–H groups in total. The van der Waals surface area contributed by atoms with Crippen molar-refractivity contribution in [1.29, 1.82) is 0 Å². The van der Waals surface area contributed by atoms with Gasteiger partial charge in [-0.1, -0.05) is 0 Å². The zero-order valence-corrected chi connectivity index (χ0v) is 11.5. The monoisotopic (exact) mass is 290 g/mol. The lowest BCUT2D eigenvalue weighted by molar-refractivity contribution is -0.133. The molecule has 0 aliphatic heterocycles. The molecule has 6 nitrogen and oxygen atoms in total. The van der Waals surface area contributed by atoms with E-state index >= 15 is 0 Å². The number of thioether (sulfide) groups is 1. The fourth-order valence-electron chi connectivity index (χ4n) is 1.09. The van der Waals surface area contributed by atoms with Gasteiger partial charge in [-0.25, -0.2) is 4.98 Å². The van der Waals surface area contributed by atoms with Crippen LogP contribution in [0, 0.1) is 0 Å². The van der Waals surface area contributed by atoms with Gasteiger partial charge in [0.2, 0.25) is 0 Å². The van der Waals surface area contributed by atoms with Crippen molar-refractivity contribution >= 4 is 35.0 Å². The van der Waals surface area contributed by atoms with E-state index in [0.717, 1.165) is 5.01 Å². The zero-order valence-electron chi connectivity index (χ0n) is 9.84. The van der Waals surface area contributed by atoms with Gasteiger partial charge < -0.3 is 15.2 Å². The molecule has 8 heteroatoms. The lowest BCUT2D eigenvalue weighted by Crippen LogP contribution is -2.26. The number of aromatic nitrogens is 1. The average molecular weight is 290 g/mol. The van der Waals surface area contributed by atoms with Crippen molar-refractivity contribution in [2.45, 2.75) is 6.61 Å². The molecule has 0 atom stereocenters. The molecule has 0 bridgehead atoms. The molecule has 0 unspecified atom stereocenters. The van der Waals surface area contributed by atoms with Crippen molar-refractivity contribution in [2.24, 2.45) is 0 Å². The van der Waals surface area contributed by atoms with Crippen LogP contribution in [0.5, 0.6) is 0 Å². The third-order valence-corrected chi connectivity index (χ3v) is 3.58. The third-order valence-electron chi connectivity index (χ3n) is 1.81. The summed E-state index contributed by atoms with van der Waals surface area (Å²) in [5, 5.41) is 13.5. The molecule has 0 saturated carbocycles. The van der Waals surface area contributed by atoms with E-state index in [9.17, 15) is 9.59 Å². The lowest BCUT2D eigenvalue weighted by Gasteiger charge is -2.01. The zero-order chi connectivity index (χ0) is 13.4. The normalized spacial score (nSPS) is 10.3. The molecule has 1 aromatic heterocycles. The van der Waals surface area contributed by atoms with Crippen molar-refractivity contribution in [2.75, 3.05) is 25.2 Å². The maximum Gasteiger partial charge on any atom is 0.313 e. The van der Waals surface area contributed by atoms with Gasteiger partial charge in [-0.05, 0) is 0 Å². The number of nitrogens with one attached hydrogen (secondary N) is 1. The van der Waals surface area contributed by atoms with Crippen LogP contribution in [0.4, 0.5) is 0 Å². The first-order valence-electron chi connectivity index (χ1n) is 5.14. The van der Waals surface area contributed by atoms with Gasteiger partial charge in [0.1, 0.15) is 10.7 Å². The van der Waals surface area contributed by atoms with Crippen molar-refractivity contribution < 1.29 is 19.4 Å². The van der Waals surface area contributed by atoms with Crippen molar-refractivity contribution in [3.05, 3.63) is 16.1 Å². The van der Waals surface area contributed by atoms with Crippen molar-refractivity contribution in [3.63, 3.8) is 0 Å². The van der Waals surface area contributed by atoms with Gasteiger partial charge in [-0.2, -0.15) is 0 Å². The predicted molar refractivity (Wildman–Crippen MR) is 70.1 cm³/mol. The molecule has 0 saturated heterocycles. The highest BCUT2D eigenvalue weighted by Gasteiger charge is 2.09. The van der Waals surface area contributed by atoms with E-state index in [1.807, 2.05) is 0 Å². The Morgan fingerprint density at radius 3 is 3.06 bits per heavy atom. The average Bonchev–Trinajstić information content (AvgIpc) is 2.77. The number of methoxy groups -OCH3 is 1. The molecule has 100 valence electrons. The molecule has 1 aromatic rings. The van der Waals surface area contributed by atoms with E-state index in [1.54, 1.807) is 12.5 Å². The number of carboxylic acids is 1. The highest BCUT2D eigenvalue weighted by atomic mass is 32.2. The number of aliphatic carboxylic acids is 1. The Bertz CT molecular complexity index is 408. The molecule has 1 rings (SSSR count). The van der Waals surface area contributed by atoms with Gasteiger partial charge in [0.05, 0.1) is 12.4 Å². The smallest absolute Gasteiger partial charge is 0.313 e. The van der Waals surface area contributed by atoms with Gasteiger partial charge in [-0.15, -0.1) is 23.1 Å². The summed E-state index contributed by atoms with van der Waals surface area (Å²) in [6.45, 7) is 0.820. The summed E-state index contributed by atoms with van der Waals surface area (Å²) in [5.41, 5.74) is 0.371. The summed E-state index contributed by atoms with van der Waals surface area (Å²) < 4.78 is 4.91. The summed E-state index contributed by atoms with van der Waals surface area (Å²) >= 11 is 2.63. The van der Waals surface area contributed by atoms with Crippen LogP contribution in [0.1, 0.15) is 15.5 Å². The Kier molecular flexibility index (Phi) is 6.69. The number of carboxylic acid groups (broad SMARTS) is 1. The standard InChI is InChI=1S/C10H14N2O4S2/c1-16-4-8-12-7(5-18-8)10(15)11-2-3-17-6-9(13)14/h5H,2-4,6H2,1H3,(H,11,15)(H,13,14). The molecule has 0 spiro atoms. The molecule has 0 fully saturated rings. The summed E-state index contributed by atoms with van der Waals surface area (Å²) in [4.78, 5) is 26.0. The van der Waals surface area contributed by atoms with Gasteiger partial charge in [0, 0.05) is 24.8 Å².